The van der Waals surface area contributed by atoms with E-state index in [0.717, 1.165) is 35.3 Å². The molecule has 1 atom stereocenters. The number of nitrogens with zero attached hydrogens (tertiary/aromatic N) is 5. The largest absolute Gasteiger partial charge is 0.484 e. The predicted octanol–water partition coefficient (Wildman–Crippen LogP) is 6.22. The average molecular weight is 632 g/mol. The molecular weight excluding hydrogens is 594 g/mol. The van der Waals surface area contributed by atoms with Crippen LogP contribution in [0.4, 0.5) is 0 Å². The number of halogens is 1. The van der Waals surface area contributed by atoms with Crippen LogP contribution in [0, 0.1) is 6.92 Å². The second-order valence-electron chi connectivity index (χ2n) is 11.1. The van der Waals surface area contributed by atoms with Crippen molar-refractivity contribution in [1.82, 2.24) is 24.6 Å². The lowest BCUT2D eigenvalue weighted by atomic mass is 10.1. The Hall–Kier alpha value is -3.82. The number of hydrogen-bond acceptors (Lipinski definition) is 6. The minimum atomic E-state index is -0.0815. The predicted molar refractivity (Wildman–Crippen MR) is 175 cm³/mol. The van der Waals surface area contributed by atoms with Crippen molar-refractivity contribution in [1.29, 1.82) is 0 Å². The lowest BCUT2D eigenvalue weighted by molar-refractivity contribution is -0.143. The van der Waals surface area contributed by atoms with Gasteiger partial charge >= 0.3 is 0 Å². The van der Waals surface area contributed by atoms with Crippen molar-refractivity contribution >= 4 is 35.2 Å². The first-order chi connectivity index (χ1) is 21.4. The van der Waals surface area contributed by atoms with E-state index in [0.29, 0.717) is 43.2 Å². The SMILES string of the molecule is Cc1ccc(-n2c(Cc3ccccc3)nnc2SCCCCC(=O)N2CCN(C(=O)COc3ccc(Cl)cc3)C(C)C2)cc1. The fourth-order valence-corrected chi connectivity index (χ4v) is 6.35. The van der Waals surface area contributed by atoms with Gasteiger partial charge in [-0.15, -0.1) is 10.2 Å². The number of unbranched alkanes of at least 4 members (excludes halogenated alkanes) is 1. The molecule has 230 valence electrons. The highest BCUT2D eigenvalue weighted by atomic mass is 35.5. The maximum Gasteiger partial charge on any atom is 0.260 e. The maximum atomic E-state index is 13.0. The average Bonchev–Trinajstić information content (AvgIpc) is 3.43. The van der Waals surface area contributed by atoms with Crippen LogP contribution in [-0.4, -0.2) is 74.4 Å². The summed E-state index contributed by atoms with van der Waals surface area (Å²) in [5.74, 6) is 2.40. The zero-order valence-corrected chi connectivity index (χ0v) is 26.8. The highest BCUT2D eigenvalue weighted by molar-refractivity contribution is 7.99. The third-order valence-corrected chi connectivity index (χ3v) is 8.96. The molecule has 0 aliphatic carbocycles. The van der Waals surface area contributed by atoms with Crippen LogP contribution in [0.15, 0.2) is 84.0 Å². The van der Waals surface area contributed by atoms with Gasteiger partial charge in [0.25, 0.3) is 5.91 Å². The second kappa shape index (κ2) is 15.3. The normalized spacial score (nSPS) is 14.9. The van der Waals surface area contributed by atoms with Gasteiger partial charge in [0.2, 0.25) is 5.91 Å². The summed E-state index contributed by atoms with van der Waals surface area (Å²) in [5, 5.41) is 10.6. The Labute approximate surface area is 268 Å². The summed E-state index contributed by atoms with van der Waals surface area (Å²) < 4.78 is 7.77. The van der Waals surface area contributed by atoms with Crippen LogP contribution in [0.25, 0.3) is 5.69 Å². The van der Waals surface area contributed by atoms with E-state index in [1.807, 2.05) is 30.0 Å². The van der Waals surface area contributed by atoms with Crippen molar-refractivity contribution in [3.63, 3.8) is 0 Å². The molecule has 10 heteroatoms. The molecule has 2 amide bonds. The molecule has 1 saturated heterocycles. The molecule has 5 rings (SSSR count). The van der Waals surface area contributed by atoms with Crippen molar-refractivity contribution in [2.75, 3.05) is 32.0 Å². The Morgan fingerprint density at radius 2 is 1.68 bits per heavy atom. The van der Waals surface area contributed by atoms with Gasteiger partial charge in [0, 0.05) is 55.0 Å². The Balaban J connectivity index is 1.07. The Kier molecular flexibility index (Phi) is 11.0. The van der Waals surface area contributed by atoms with Crippen molar-refractivity contribution < 1.29 is 14.3 Å². The summed E-state index contributed by atoms with van der Waals surface area (Å²) in [6.45, 7) is 5.59. The topological polar surface area (TPSA) is 80.6 Å². The summed E-state index contributed by atoms with van der Waals surface area (Å²) in [4.78, 5) is 29.4. The number of hydrogen-bond donors (Lipinski definition) is 0. The van der Waals surface area contributed by atoms with E-state index in [-0.39, 0.29) is 24.5 Å². The van der Waals surface area contributed by atoms with E-state index in [4.69, 9.17) is 16.3 Å². The van der Waals surface area contributed by atoms with Gasteiger partial charge in [0.05, 0.1) is 0 Å². The molecule has 1 aliphatic rings. The molecular formula is C34H38ClN5O3S. The summed E-state index contributed by atoms with van der Waals surface area (Å²) in [6, 6.07) is 25.6. The summed E-state index contributed by atoms with van der Waals surface area (Å²) in [7, 11) is 0. The Morgan fingerprint density at radius 1 is 0.932 bits per heavy atom. The number of amides is 2. The molecule has 1 aromatic heterocycles. The third kappa shape index (κ3) is 8.42. The van der Waals surface area contributed by atoms with Gasteiger partial charge in [-0.1, -0.05) is 71.4 Å². The minimum absolute atomic E-state index is 0.0387. The highest BCUT2D eigenvalue weighted by Gasteiger charge is 2.29. The lowest BCUT2D eigenvalue weighted by Crippen LogP contribution is -2.56. The van der Waals surface area contributed by atoms with Crippen LogP contribution < -0.4 is 4.74 Å². The molecule has 1 fully saturated rings. The first kappa shape index (κ1) is 31.6. The van der Waals surface area contributed by atoms with Gasteiger partial charge < -0.3 is 14.5 Å². The zero-order chi connectivity index (χ0) is 30.9. The molecule has 0 bridgehead atoms. The number of thioether (sulfide) groups is 1. The minimum Gasteiger partial charge on any atom is -0.484 e. The first-order valence-corrected chi connectivity index (χ1v) is 16.4. The fraction of sp³-hybridized carbons (Fsp3) is 0.353. The molecule has 0 radical (unpaired) electrons. The Morgan fingerprint density at radius 3 is 2.41 bits per heavy atom. The number of aromatic nitrogens is 3. The molecule has 1 unspecified atom stereocenters. The molecule has 0 spiro atoms. The molecule has 4 aromatic rings. The van der Waals surface area contributed by atoms with Crippen molar-refractivity contribution in [2.24, 2.45) is 0 Å². The van der Waals surface area contributed by atoms with Gasteiger partial charge in [-0.25, -0.2) is 0 Å². The first-order valence-electron chi connectivity index (χ1n) is 15.0. The molecule has 8 nitrogen and oxygen atoms in total. The van der Waals surface area contributed by atoms with Crippen LogP contribution in [0.3, 0.4) is 0 Å². The quantitative estimate of drug-likeness (QED) is 0.136. The second-order valence-corrected chi connectivity index (χ2v) is 12.6. The van der Waals surface area contributed by atoms with Gasteiger partial charge in [-0.05, 0) is 68.7 Å². The van der Waals surface area contributed by atoms with E-state index in [1.54, 1.807) is 40.9 Å². The number of rotatable bonds is 12. The van der Waals surface area contributed by atoms with E-state index < -0.39 is 0 Å². The lowest BCUT2D eigenvalue weighted by Gasteiger charge is -2.40. The zero-order valence-electron chi connectivity index (χ0n) is 25.2. The standard InChI is InChI=1S/C34H38ClN5O3S/c1-25-11-15-29(16-12-25)40-31(22-27-8-4-3-5-9-27)36-37-34(40)44-21-7-6-10-32(41)38-19-20-39(26(2)23-38)33(42)24-43-30-17-13-28(35)14-18-30/h3-5,8-9,11-18,26H,6-7,10,19-24H2,1-2H3. The van der Waals surface area contributed by atoms with Crippen LogP contribution >= 0.6 is 23.4 Å². The molecule has 0 N–H and O–H groups in total. The van der Waals surface area contributed by atoms with E-state index in [2.05, 4.69) is 58.1 Å². The number of carbonyl (C=O) groups is 2. The molecule has 3 aromatic carbocycles. The number of piperazine rings is 1. The van der Waals surface area contributed by atoms with Crippen molar-refractivity contribution in [3.05, 3.63) is 101 Å². The van der Waals surface area contributed by atoms with Crippen molar-refractivity contribution in [3.8, 4) is 11.4 Å². The Bertz CT molecular complexity index is 1530. The molecule has 0 saturated carbocycles. The molecule has 2 heterocycles. The van der Waals surface area contributed by atoms with E-state index in [9.17, 15) is 9.59 Å². The monoisotopic (exact) mass is 631 g/mol. The summed E-state index contributed by atoms with van der Waals surface area (Å²) >= 11 is 7.59. The van der Waals surface area contributed by atoms with Gasteiger partial charge in [0.15, 0.2) is 11.8 Å². The maximum absolute atomic E-state index is 13.0. The van der Waals surface area contributed by atoms with E-state index in [1.165, 1.54) is 11.1 Å². The number of benzene rings is 3. The number of carbonyl (C=O) groups excluding carboxylic acids is 2. The number of aryl methyl sites for hydroxylation is 1. The van der Waals surface area contributed by atoms with Gasteiger partial charge in [-0.3, -0.25) is 14.2 Å². The van der Waals surface area contributed by atoms with Gasteiger partial charge in [0.1, 0.15) is 11.6 Å². The molecule has 1 aliphatic heterocycles. The van der Waals surface area contributed by atoms with Crippen LogP contribution in [0.2, 0.25) is 5.02 Å². The van der Waals surface area contributed by atoms with Crippen molar-refractivity contribution in [2.45, 2.75) is 50.7 Å². The summed E-state index contributed by atoms with van der Waals surface area (Å²) in [5.41, 5.74) is 3.44. The molecule has 44 heavy (non-hydrogen) atoms. The van der Waals surface area contributed by atoms with E-state index >= 15 is 0 Å². The summed E-state index contributed by atoms with van der Waals surface area (Å²) in [6.07, 6.45) is 2.87. The third-order valence-electron chi connectivity index (χ3n) is 7.69. The fourth-order valence-electron chi connectivity index (χ4n) is 5.25. The highest BCUT2D eigenvalue weighted by Crippen LogP contribution is 2.25. The van der Waals surface area contributed by atoms with Gasteiger partial charge in [-0.2, -0.15) is 0 Å². The smallest absolute Gasteiger partial charge is 0.260 e. The van der Waals surface area contributed by atoms with Crippen LogP contribution in [-0.2, 0) is 16.0 Å². The number of ether oxygens (including phenoxy) is 1. The van der Waals surface area contributed by atoms with Crippen LogP contribution in [0.1, 0.15) is 43.1 Å². The van der Waals surface area contributed by atoms with Crippen LogP contribution in [0.5, 0.6) is 5.75 Å².